The van der Waals surface area contributed by atoms with Crippen LogP contribution in [0.1, 0.15) is 5.69 Å². The minimum atomic E-state index is 0.551. The fourth-order valence-electron chi connectivity index (χ4n) is 2.61. The smallest absolute Gasteiger partial charge is 0.0486 e. The highest BCUT2D eigenvalue weighted by Gasteiger charge is 2.14. The third-order valence-corrected chi connectivity index (χ3v) is 3.48. The van der Waals surface area contributed by atoms with Gasteiger partial charge in [0.2, 0.25) is 0 Å². The Labute approximate surface area is 107 Å². The molecule has 0 amide bonds. The van der Waals surface area contributed by atoms with Gasteiger partial charge in [-0.25, -0.2) is 0 Å². The molecule has 2 N–H and O–H groups in total. The van der Waals surface area contributed by atoms with E-state index in [2.05, 4.69) is 60.1 Å². The maximum Gasteiger partial charge on any atom is 0.0486 e. The van der Waals surface area contributed by atoms with Gasteiger partial charge in [-0.15, -0.1) is 0 Å². The lowest BCUT2D eigenvalue weighted by atomic mass is 10.0. The third-order valence-electron chi connectivity index (χ3n) is 3.48. The summed E-state index contributed by atoms with van der Waals surface area (Å²) >= 11 is 0. The van der Waals surface area contributed by atoms with E-state index in [0.29, 0.717) is 6.54 Å². The number of nitrogens with two attached hydrogens (primary N) is 1. The van der Waals surface area contributed by atoms with Crippen LogP contribution in [0.4, 0.5) is 0 Å². The number of rotatable bonds is 2. The molecule has 2 aromatic carbocycles. The first-order valence-corrected chi connectivity index (χ1v) is 6.14. The Morgan fingerprint density at radius 1 is 0.944 bits per heavy atom. The summed E-state index contributed by atoms with van der Waals surface area (Å²) in [5.41, 5.74) is 10.8. The van der Waals surface area contributed by atoms with Gasteiger partial charge in [0, 0.05) is 35.8 Å². The fraction of sp³-hybridized carbons (Fsp3) is 0.125. The minimum absolute atomic E-state index is 0.551. The van der Waals surface area contributed by atoms with Crippen molar-refractivity contribution < 1.29 is 0 Å². The maximum atomic E-state index is 5.93. The molecule has 0 bridgehead atoms. The molecule has 1 aromatic heterocycles. The van der Waals surface area contributed by atoms with Crippen molar-refractivity contribution in [3.8, 4) is 11.1 Å². The average Bonchev–Trinajstić information content (AvgIpc) is 2.73. The van der Waals surface area contributed by atoms with Crippen LogP contribution in [0, 0.1) is 0 Å². The van der Waals surface area contributed by atoms with E-state index in [4.69, 9.17) is 5.73 Å². The average molecular weight is 236 g/mol. The second kappa shape index (κ2) is 4.31. The normalized spacial score (nSPS) is 11.0. The van der Waals surface area contributed by atoms with Gasteiger partial charge < -0.3 is 10.3 Å². The predicted octanol–water partition coefficient (Wildman–Crippen LogP) is 3.30. The van der Waals surface area contributed by atoms with E-state index in [1.165, 1.54) is 27.7 Å². The first-order valence-electron chi connectivity index (χ1n) is 6.14. The molecule has 0 aliphatic heterocycles. The number of aryl methyl sites for hydroxylation is 1. The van der Waals surface area contributed by atoms with Crippen LogP contribution in [0.2, 0.25) is 0 Å². The SMILES string of the molecule is Cn1c(CN)c(-c2ccccc2)c2ccccc21. The van der Waals surface area contributed by atoms with Crippen molar-refractivity contribution in [1.82, 2.24) is 4.57 Å². The van der Waals surface area contributed by atoms with Gasteiger partial charge in [0.1, 0.15) is 0 Å². The van der Waals surface area contributed by atoms with Crippen molar-refractivity contribution in [3.63, 3.8) is 0 Å². The molecule has 2 nitrogen and oxygen atoms in total. The summed E-state index contributed by atoms with van der Waals surface area (Å²) in [5, 5.41) is 1.27. The van der Waals surface area contributed by atoms with Crippen molar-refractivity contribution in [2.24, 2.45) is 12.8 Å². The molecule has 0 saturated carbocycles. The zero-order valence-corrected chi connectivity index (χ0v) is 10.4. The molecule has 0 atom stereocenters. The molecule has 3 aromatic rings. The summed E-state index contributed by atoms with van der Waals surface area (Å²) < 4.78 is 2.19. The second-order valence-electron chi connectivity index (χ2n) is 4.47. The topological polar surface area (TPSA) is 30.9 Å². The van der Waals surface area contributed by atoms with Gasteiger partial charge in [0.25, 0.3) is 0 Å². The van der Waals surface area contributed by atoms with Gasteiger partial charge in [-0.05, 0) is 11.6 Å². The first kappa shape index (κ1) is 11.1. The van der Waals surface area contributed by atoms with E-state index in [9.17, 15) is 0 Å². The molecular weight excluding hydrogens is 220 g/mol. The number of nitrogens with zero attached hydrogens (tertiary/aromatic N) is 1. The van der Waals surface area contributed by atoms with Gasteiger partial charge in [-0.1, -0.05) is 48.5 Å². The molecule has 0 saturated heterocycles. The van der Waals surface area contributed by atoms with Crippen LogP contribution in [0.15, 0.2) is 54.6 Å². The van der Waals surface area contributed by atoms with Crippen molar-refractivity contribution >= 4 is 10.9 Å². The standard InChI is InChI=1S/C16H16N2/c1-18-14-10-6-5-9-13(14)16(15(18)11-17)12-7-3-2-4-8-12/h2-10H,11,17H2,1H3. The Bertz CT molecular complexity index is 681. The summed E-state index contributed by atoms with van der Waals surface area (Å²) in [6.45, 7) is 0.551. The predicted molar refractivity (Wildman–Crippen MR) is 76.2 cm³/mol. The van der Waals surface area contributed by atoms with Crippen LogP contribution in [0.3, 0.4) is 0 Å². The molecule has 90 valence electrons. The summed E-state index contributed by atoms with van der Waals surface area (Å²) in [6.07, 6.45) is 0. The van der Waals surface area contributed by atoms with Crippen molar-refractivity contribution in [2.45, 2.75) is 6.54 Å². The van der Waals surface area contributed by atoms with Crippen LogP contribution in [0.5, 0.6) is 0 Å². The minimum Gasteiger partial charge on any atom is -0.346 e. The van der Waals surface area contributed by atoms with Gasteiger partial charge >= 0.3 is 0 Å². The van der Waals surface area contributed by atoms with Crippen LogP contribution < -0.4 is 5.73 Å². The molecule has 3 rings (SSSR count). The van der Waals surface area contributed by atoms with Crippen molar-refractivity contribution in [1.29, 1.82) is 0 Å². The number of benzene rings is 2. The van der Waals surface area contributed by atoms with E-state index < -0.39 is 0 Å². The Morgan fingerprint density at radius 2 is 1.61 bits per heavy atom. The molecule has 0 fully saturated rings. The highest BCUT2D eigenvalue weighted by atomic mass is 15.0. The maximum absolute atomic E-state index is 5.93. The van der Waals surface area contributed by atoms with Crippen molar-refractivity contribution in [2.75, 3.05) is 0 Å². The van der Waals surface area contributed by atoms with E-state index in [-0.39, 0.29) is 0 Å². The second-order valence-corrected chi connectivity index (χ2v) is 4.47. The molecular formula is C16H16N2. The molecule has 2 heteroatoms. The number of aromatic nitrogens is 1. The lowest BCUT2D eigenvalue weighted by Crippen LogP contribution is -2.04. The van der Waals surface area contributed by atoms with E-state index in [1.54, 1.807) is 0 Å². The molecule has 0 unspecified atom stereocenters. The number of fused-ring (bicyclic) bond motifs is 1. The van der Waals surface area contributed by atoms with E-state index in [1.807, 2.05) is 6.07 Å². The van der Waals surface area contributed by atoms with Gasteiger partial charge in [0.15, 0.2) is 0 Å². The number of hydrogen-bond acceptors (Lipinski definition) is 1. The molecule has 0 radical (unpaired) electrons. The lowest BCUT2D eigenvalue weighted by molar-refractivity contribution is 0.851. The zero-order chi connectivity index (χ0) is 12.5. The summed E-state index contributed by atoms with van der Waals surface area (Å²) in [5.74, 6) is 0. The van der Waals surface area contributed by atoms with Gasteiger partial charge in [-0.3, -0.25) is 0 Å². The van der Waals surface area contributed by atoms with Crippen LogP contribution in [0.25, 0.3) is 22.0 Å². The summed E-state index contributed by atoms with van der Waals surface area (Å²) in [4.78, 5) is 0. The van der Waals surface area contributed by atoms with Crippen molar-refractivity contribution in [3.05, 3.63) is 60.3 Å². The highest BCUT2D eigenvalue weighted by molar-refractivity contribution is 5.98. The Hall–Kier alpha value is -2.06. The number of hydrogen-bond donors (Lipinski definition) is 1. The third kappa shape index (κ3) is 1.54. The highest BCUT2D eigenvalue weighted by Crippen LogP contribution is 2.33. The quantitative estimate of drug-likeness (QED) is 0.727. The molecule has 1 heterocycles. The largest absolute Gasteiger partial charge is 0.346 e. The molecule has 0 aliphatic rings. The number of para-hydroxylation sites is 1. The summed E-state index contributed by atoms with van der Waals surface area (Å²) in [7, 11) is 2.08. The first-order chi connectivity index (χ1) is 8.83. The summed E-state index contributed by atoms with van der Waals surface area (Å²) in [6, 6.07) is 18.9. The van der Waals surface area contributed by atoms with E-state index in [0.717, 1.165) is 0 Å². The van der Waals surface area contributed by atoms with Gasteiger partial charge in [0.05, 0.1) is 0 Å². The van der Waals surface area contributed by atoms with Gasteiger partial charge in [-0.2, -0.15) is 0 Å². The Morgan fingerprint density at radius 3 is 2.33 bits per heavy atom. The van der Waals surface area contributed by atoms with Crippen LogP contribution >= 0.6 is 0 Å². The van der Waals surface area contributed by atoms with E-state index >= 15 is 0 Å². The van der Waals surface area contributed by atoms with Crippen LogP contribution in [-0.2, 0) is 13.6 Å². The lowest BCUT2D eigenvalue weighted by Gasteiger charge is -2.05. The molecule has 18 heavy (non-hydrogen) atoms. The Kier molecular flexibility index (Phi) is 2.65. The van der Waals surface area contributed by atoms with Crippen LogP contribution in [-0.4, -0.2) is 4.57 Å². The monoisotopic (exact) mass is 236 g/mol. The molecule has 0 aliphatic carbocycles. The zero-order valence-electron chi connectivity index (χ0n) is 10.4. The molecule has 0 spiro atoms. The fourth-order valence-corrected chi connectivity index (χ4v) is 2.61. The Balaban J connectivity index is 2.41.